The van der Waals surface area contributed by atoms with Gasteiger partial charge < -0.3 is 4.98 Å². The lowest BCUT2D eigenvalue weighted by molar-refractivity contribution is 0.382. The summed E-state index contributed by atoms with van der Waals surface area (Å²) in [5.41, 5.74) is 1.45. The molecule has 0 atom stereocenters. The molecule has 9 heteroatoms. The van der Waals surface area contributed by atoms with E-state index in [2.05, 4.69) is 10.1 Å². The lowest BCUT2D eigenvalue weighted by Crippen LogP contribution is -2.38. The van der Waals surface area contributed by atoms with E-state index in [9.17, 15) is 18.0 Å². The zero-order valence-electron chi connectivity index (χ0n) is 14.0. The molecule has 0 bridgehead atoms. The number of aryl methyl sites for hydroxylation is 1. The van der Waals surface area contributed by atoms with Crippen molar-refractivity contribution in [2.75, 3.05) is 6.54 Å². The maximum absolute atomic E-state index is 13.0. The molecule has 8 nitrogen and oxygen atoms in total. The van der Waals surface area contributed by atoms with Crippen LogP contribution in [0.15, 0.2) is 50.9 Å². The van der Waals surface area contributed by atoms with Crippen LogP contribution in [0.1, 0.15) is 11.3 Å². The number of nitrogens with zero attached hydrogens (tertiary/aromatic N) is 3. The summed E-state index contributed by atoms with van der Waals surface area (Å²) in [5.74, 6) is 0. The normalized spacial score (nSPS) is 15.1. The summed E-state index contributed by atoms with van der Waals surface area (Å²) in [5, 5.41) is 4.84. The van der Waals surface area contributed by atoms with Crippen molar-refractivity contribution >= 4 is 20.9 Å². The van der Waals surface area contributed by atoms with Crippen molar-refractivity contribution in [3.63, 3.8) is 0 Å². The van der Waals surface area contributed by atoms with E-state index in [1.54, 1.807) is 25.2 Å². The van der Waals surface area contributed by atoms with Crippen LogP contribution in [-0.2, 0) is 30.0 Å². The zero-order valence-corrected chi connectivity index (χ0v) is 14.8. The van der Waals surface area contributed by atoms with E-state index < -0.39 is 10.0 Å². The van der Waals surface area contributed by atoms with Gasteiger partial charge in [-0.2, -0.15) is 9.40 Å². The second-order valence-corrected chi connectivity index (χ2v) is 8.18. The molecule has 3 aromatic rings. The fourth-order valence-corrected chi connectivity index (χ4v) is 4.57. The summed E-state index contributed by atoms with van der Waals surface area (Å²) in [6, 6.07) is 8.99. The molecule has 1 aromatic carbocycles. The van der Waals surface area contributed by atoms with Gasteiger partial charge in [0.15, 0.2) is 0 Å². The van der Waals surface area contributed by atoms with Crippen LogP contribution in [0.5, 0.6) is 0 Å². The first kappa shape index (κ1) is 16.7. The van der Waals surface area contributed by atoms with Crippen molar-refractivity contribution < 1.29 is 8.42 Å². The summed E-state index contributed by atoms with van der Waals surface area (Å²) in [6.45, 7) is 0.411. The van der Waals surface area contributed by atoms with E-state index in [1.165, 1.54) is 27.2 Å². The molecule has 134 valence electrons. The number of benzene rings is 1. The SMILES string of the molecule is Cn1nc2c(cc1=O)CN(S(=O)(=O)c1ccc3[nH]c(=O)ccc3c1)CC2. The van der Waals surface area contributed by atoms with Crippen molar-refractivity contribution in [3.05, 3.63) is 68.4 Å². The topological polar surface area (TPSA) is 105 Å². The number of hydrogen-bond donors (Lipinski definition) is 1. The van der Waals surface area contributed by atoms with Gasteiger partial charge in [-0.25, -0.2) is 13.1 Å². The molecule has 0 fully saturated rings. The Hall–Kier alpha value is -2.78. The van der Waals surface area contributed by atoms with Crippen molar-refractivity contribution in [1.82, 2.24) is 19.1 Å². The summed E-state index contributed by atoms with van der Waals surface area (Å²) >= 11 is 0. The Labute approximate surface area is 148 Å². The summed E-state index contributed by atoms with van der Waals surface area (Å²) in [7, 11) is -2.15. The standard InChI is InChI=1S/C17H16N4O4S/c1-20-17(23)9-12-10-21(7-6-15(12)19-20)26(24,25)13-3-4-14-11(8-13)2-5-16(22)18-14/h2-5,8-9H,6-7,10H2,1H3,(H,18,22). The molecular formula is C17H16N4O4S. The Kier molecular flexibility index (Phi) is 3.78. The monoisotopic (exact) mass is 372 g/mol. The lowest BCUT2D eigenvalue weighted by atomic mass is 10.1. The molecule has 4 rings (SSSR count). The Bertz CT molecular complexity index is 1240. The summed E-state index contributed by atoms with van der Waals surface area (Å²) in [4.78, 5) is 26.0. The van der Waals surface area contributed by atoms with Gasteiger partial charge in [0.2, 0.25) is 15.6 Å². The van der Waals surface area contributed by atoms with E-state index in [4.69, 9.17) is 0 Å². The second-order valence-electron chi connectivity index (χ2n) is 6.24. The highest BCUT2D eigenvalue weighted by Crippen LogP contribution is 2.25. The molecule has 2 aromatic heterocycles. The molecule has 0 aliphatic carbocycles. The molecule has 0 saturated heterocycles. The minimum atomic E-state index is -3.72. The van der Waals surface area contributed by atoms with Crippen LogP contribution in [0.4, 0.5) is 0 Å². The Morgan fingerprint density at radius 2 is 1.92 bits per heavy atom. The first-order valence-corrected chi connectivity index (χ1v) is 9.48. The van der Waals surface area contributed by atoms with Gasteiger partial charge in [-0.15, -0.1) is 0 Å². The maximum Gasteiger partial charge on any atom is 0.266 e. The molecule has 3 heterocycles. The fraction of sp³-hybridized carbons (Fsp3) is 0.235. The zero-order chi connectivity index (χ0) is 18.5. The quantitative estimate of drug-likeness (QED) is 0.700. The van der Waals surface area contributed by atoms with Crippen LogP contribution in [0.2, 0.25) is 0 Å². The number of H-pyrrole nitrogens is 1. The van der Waals surface area contributed by atoms with Gasteiger partial charge in [-0.3, -0.25) is 9.59 Å². The molecule has 26 heavy (non-hydrogen) atoms. The van der Waals surface area contributed by atoms with E-state index in [-0.39, 0.29) is 22.6 Å². The van der Waals surface area contributed by atoms with E-state index >= 15 is 0 Å². The number of pyridine rings is 1. The molecule has 0 amide bonds. The summed E-state index contributed by atoms with van der Waals surface area (Å²) < 4.78 is 28.6. The third kappa shape index (κ3) is 2.74. The largest absolute Gasteiger partial charge is 0.322 e. The van der Waals surface area contributed by atoms with Crippen molar-refractivity contribution in [2.24, 2.45) is 7.05 Å². The predicted molar refractivity (Wildman–Crippen MR) is 95.3 cm³/mol. The van der Waals surface area contributed by atoms with E-state index in [0.717, 1.165) is 5.69 Å². The fourth-order valence-electron chi connectivity index (χ4n) is 3.11. The lowest BCUT2D eigenvalue weighted by Gasteiger charge is -2.27. The van der Waals surface area contributed by atoms with Crippen molar-refractivity contribution in [1.29, 1.82) is 0 Å². The first-order chi connectivity index (χ1) is 12.3. The predicted octanol–water partition coefficient (Wildman–Crippen LogP) is 0.369. The molecular weight excluding hydrogens is 356 g/mol. The molecule has 0 radical (unpaired) electrons. The molecule has 0 unspecified atom stereocenters. The van der Waals surface area contributed by atoms with Crippen LogP contribution in [0, 0.1) is 0 Å². The van der Waals surface area contributed by atoms with E-state index in [0.29, 0.717) is 29.4 Å². The van der Waals surface area contributed by atoms with Crippen LogP contribution in [0.3, 0.4) is 0 Å². The number of hydrogen-bond acceptors (Lipinski definition) is 5. The Morgan fingerprint density at radius 1 is 1.12 bits per heavy atom. The average Bonchev–Trinajstić information content (AvgIpc) is 2.61. The highest BCUT2D eigenvalue weighted by Gasteiger charge is 2.29. The highest BCUT2D eigenvalue weighted by atomic mass is 32.2. The number of fused-ring (bicyclic) bond motifs is 2. The molecule has 1 aliphatic heterocycles. The van der Waals surface area contributed by atoms with Gasteiger partial charge in [0, 0.05) is 44.2 Å². The van der Waals surface area contributed by atoms with Crippen LogP contribution in [0.25, 0.3) is 10.9 Å². The molecule has 1 aliphatic rings. The number of aromatic nitrogens is 3. The van der Waals surface area contributed by atoms with E-state index in [1.807, 2.05) is 0 Å². The Morgan fingerprint density at radius 3 is 2.73 bits per heavy atom. The minimum Gasteiger partial charge on any atom is -0.322 e. The second kappa shape index (κ2) is 5.89. The average molecular weight is 372 g/mol. The molecule has 0 spiro atoms. The minimum absolute atomic E-state index is 0.115. The van der Waals surface area contributed by atoms with Crippen LogP contribution >= 0.6 is 0 Å². The summed E-state index contributed by atoms with van der Waals surface area (Å²) in [6.07, 6.45) is 0.448. The number of aromatic amines is 1. The smallest absolute Gasteiger partial charge is 0.266 e. The maximum atomic E-state index is 13.0. The van der Waals surface area contributed by atoms with Gasteiger partial charge in [0.1, 0.15) is 0 Å². The van der Waals surface area contributed by atoms with Crippen molar-refractivity contribution in [2.45, 2.75) is 17.9 Å². The number of sulfonamides is 1. The van der Waals surface area contributed by atoms with Gasteiger partial charge in [0.05, 0.1) is 10.6 Å². The molecule has 0 saturated carbocycles. The highest BCUT2D eigenvalue weighted by molar-refractivity contribution is 7.89. The molecule has 1 N–H and O–H groups in total. The van der Waals surface area contributed by atoms with Gasteiger partial charge in [-0.05, 0) is 35.2 Å². The van der Waals surface area contributed by atoms with Crippen LogP contribution in [-0.4, -0.2) is 34.0 Å². The van der Waals surface area contributed by atoms with Gasteiger partial charge in [-0.1, -0.05) is 0 Å². The van der Waals surface area contributed by atoms with Crippen LogP contribution < -0.4 is 11.1 Å². The first-order valence-electron chi connectivity index (χ1n) is 8.04. The van der Waals surface area contributed by atoms with Gasteiger partial charge in [0.25, 0.3) is 5.56 Å². The third-order valence-electron chi connectivity index (χ3n) is 4.54. The Balaban J connectivity index is 1.73. The third-order valence-corrected chi connectivity index (χ3v) is 6.38. The number of nitrogens with one attached hydrogen (secondary N) is 1. The van der Waals surface area contributed by atoms with Gasteiger partial charge >= 0.3 is 0 Å². The number of rotatable bonds is 2. The van der Waals surface area contributed by atoms with Crippen molar-refractivity contribution in [3.8, 4) is 0 Å².